The fraction of sp³-hybridized carbons (Fsp3) is 0.429. The monoisotopic (exact) mass is 386 g/mol. The lowest BCUT2D eigenvalue weighted by atomic mass is 10.1. The number of rotatable bonds is 9. The molecule has 6 heteroatoms. The van der Waals surface area contributed by atoms with Crippen LogP contribution in [0.1, 0.15) is 41.4 Å². The topological polar surface area (TPSA) is 58.6 Å². The average molecular weight is 387 g/mol. The Kier molecular flexibility index (Phi) is 6.50. The van der Waals surface area contributed by atoms with Gasteiger partial charge in [-0.05, 0) is 54.8 Å². The third-order valence-corrected chi connectivity index (χ3v) is 5.87. The van der Waals surface area contributed by atoms with Crippen molar-refractivity contribution >= 4 is 23.2 Å². The van der Waals surface area contributed by atoms with E-state index in [0.29, 0.717) is 30.3 Å². The van der Waals surface area contributed by atoms with Gasteiger partial charge in [-0.3, -0.25) is 9.59 Å². The SMILES string of the molecule is COc1ccc(CN(C(=O)CCNC(=O)c2cccs2)C(C)C2CC2)cc1. The second-order valence-corrected chi connectivity index (χ2v) is 7.88. The number of benzene rings is 1. The molecule has 1 N–H and O–H groups in total. The van der Waals surface area contributed by atoms with Crippen molar-refractivity contribution in [3.63, 3.8) is 0 Å². The molecule has 0 bridgehead atoms. The third-order valence-electron chi connectivity index (χ3n) is 5.00. The molecule has 2 aromatic rings. The highest BCUT2D eigenvalue weighted by atomic mass is 32.1. The smallest absolute Gasteiger partial charge is 0.261 e. The maximum atomic E-state index is 12.9. The van der Waals surface area contributed by atoms with Gasteiger partial charge in [-0.2, -0.15) is 0 Å². The lowest BCUT2D eigenvalue weighted by Crippen LogP contribution is -2.41. The maximum absolute atomic E-state index is 12.9. The van der Waals surface area contributed by atoms with E-state index in [-0.39, 0.29) is 17.9 Å². The van der Waals surface area contributed by atoms with Crippen molar-refractivity contribution in [3.05, 3.63) is 52.2 Å². The third kappa shape index (κ3) is 5.32. The van der Waals surface area contributed by atoms with Crippen molar-refractivity contribution < 1.29 is 14.3 Å². The zero-order valence-corrected chi connectivity index (χ0v) is 16.6. The molecule has 1 heterocycles. The molecule has 1 aliphatic carbocycles. The highest BCUT2D eigenvalue weighted by Crippen LogP contribution is 2.36. The standard InChI is InChI=1S/C21H26N2O3S/c1-15(17-7-8-17)23(14-16-5-9-18(26-2)10-6-16)20(24)11-12-22-21(25)19-4-3-13-27-19/h3-6,9-10,13,15,17H,7-8,11-12,14H2,1-2H3,(H,22,25). The summed E-state index contributed by atoms with van der Waals surface area (Å²) in [5, 5.41) is 4.71. The molecule has 2 amide bonds. The first-order chi connectivity index (χ1) is 13.1. The van der Waals surface area contributed by atoms with Crippen molar-refractivity contribution in [2.75, 3.05) is 13.7 Å². The number of methoxy groups -OCH3 is 1. The van der Waals surface area contributed by atoms with Gasteiger partial charge in [0, 0.05) is 25.6 Å². The summed E-state index contributed by atoms with van der Waals surface area (Å²) in [5.74, 6) is 1.36. The van der Waals surface area contributed by atoms with Gasteiger partial charge in [-0.1, -0.05) is 18.2 Å². The van der Waals surface area contributed by atoms with Crippen LogP contribution in [0.15, 0.2) is 41.8 Å². The minimum Gasteiger partial charge on any atom is -0.497 e. The second kappa shape index (κ2) is 9.04. The number of nitrogens with one attached hydrogen (secondary N) is 1. The van der Waals surface area contributed by atoms with Crippen LogP contribution in [0, 0.1) is 5.92 Å². The fourth-order valence-corrected chi connectivity index (χ4v) is 3.78. The van der Waals surface area contributed by atoms with E-state index in [4.69, 9.17) is 4.74 Å². The molecule has 5 nitrogen and oxygen atoms in total. The summed E-state index contributed by atoms with van der Waals surface area (Å²) >= 11 is 1.40. The number of hydrogen-bond acceptors (Lipinski definition) is 4. The Labute approximate surface area is 164 Å². The molecule has 1 saturated carbocycles. The molecular formula is C21H26N2O3S. The van der Waals surface area contributed by atoms with Crippen LogP contribution in [0.3, 0.4) is 0 Å². The highest BCUT2D eigenvalue weighted by molar-refractivity contribution is 7.12. The lowest BCUT2D eigenvalue weighted by molar-refractivity contribution is -0.134. The second-order valence-electron chi connectivity index (χ2n) is 6.93. The first-order valence-electron chi connectivity index (χ1n) is 9.32. The number of carbonyl (C=O) groups is 2. The number of thiophene rings is 1. The van der Waals surface area contributed by atoms with E-state index >= 15 is 0 Å². The molecule has 1 atom stereocenters. The molecule has 1 fully saturated rings. The van der Waals surface area contributed by atoms with Gasteiger partial charge in [0.15, 0.2) is 0 Å². The minimum atomic E-state index is -0.116. The molecule has 1 unspecified atom stereocenters. The van der Waals surface area contributed by atoms with Gasteiger partial charge in [0.1, 0.15) is 5.75 Å². The predicted molar refractivity (Wildman–Crippen MR) is 107 cm³/mol. The van der Waals surface area contributed by atoms with Gasteiger partial charge in [-0.25, -0.2) is 0 Å². The van der Waals surface area contributed by atoms with E-state index in [9.17, 15) is 9.59 Å². The number of amides is 2. The molecule has 3 rings (SSSR count). The minimum absolute atomic E-state index is 0.0803. The summed E-state index contributed by atoms with van der Waals surface area (Å²) in [4.78, 5) is 27.5. The summed E-state index contributed by atoms with van der Waals surface area (Å²) in [7, 11) is 1.64. The molecule has 1 aromatic carbocycles. The van der Waals surface area contributed by atoms with E-state index in [1.54, 1.807) is 13.2 Å². The molecular weight excluding hydrogens is 360 g/mol. The van der Waals surface area contributed by atoms with Gasteiger partial charge >= 0.3 is 0 Å². The van der Waals surface area contributed by atoms with E-state index in [1.165, 1.54) is 24.2 Å². The Hall–Kier alpha value is -2.34. The van der Waals surface area contributed by atoms with E-state index in [2.05, 4.69) is 12.2 Å². The van der Waals surface area contributed by atoms with Crippen molar-refractivity contribution in [1.82, 2.24) is 10.2 Å². The summed E-state index contributed by atoms with van der Waals surface area (Å²) in [5.41, 5.74) is 1.08. The Balaban J connectivity index is 1.57. The zero-order chi connectivity index (χ0) is 19.2. The first-order valence-corrected chi connectivity index (χ1v) is 10.2. The van der Waals surface area contributed by atoms with Gasteiger partial charge < -0.3 is 15.0 Å². The zero-order valence-electron chi connectivity index (χ0n) is 15.8. The maximum Gasteiger partial charge on any atom is 0.261 e. The lowest BCUT2D eigenvalue weighted by Gasteiger charge is -2.30. The summed E-state index contributed by atoms with van der Waals surface area (Å²) in [6, 6.07) is 11.7. The van der Waals surface area contributed by atoms with Crippen LogP contribution in [-0.4, -0.2) is 36.4 Å². The molecule has 0 radical (unpaired) electrons. The van der Waals surface area contributed by atoms with E-state index < -0.39 is 0 Å². The quantitative estimate of drug-likeness (QED) is 0.715. The van der Waals surface area contributed by atoms with Crippen LogP contribution >= 0.6 is 11.3 Å². The number of ether oxygens (including phenoxy) is 1. The fourth-order valence-electron chi connectivity index (χ4n) is 3.14. The van der Waals surface area contributed by atoms with Crippen LogP contribution in [0.4, 0.5) is 0 Å². The van der Waals surface area contributed by atoms with Crippen molar-refractivity contribution in [2.24, 2.45) is 5.92 Å². The van der Waals surface area contributed by atoms with Crippen LogP contribution < -0.4 is 10.1 Å². The summed E-state index contributed by atoms with van der Waals surface area (Å²) in [6.45, 7) is 3.06. The first kappa shape index (κ1) is 19.4. The predicted octanol–water partition coefficient (Wildman–Crippen LogP) is 3.70. The molecule has 27 heavy (non-hydrogen) atoms. The molecule has 0 aliphatic heterocycles. The van der Waals surface area contributed by atoms with Crippen LogP contribution in [0.25, 0.3) is 0 Å². The summed E-state index contributed by atoms with van der Waals surface area (Å²) in [6.07, 6.45) is 2.68. The Morgan fingerprint density at radius 2 is 2.00 bits per heavy atom. The van der Waals surface area contributed by atoms with Crippen molar-refractivity contribution in [2.45, 2.75) is 38.8 Å². The molecule has 0 spiro atoms. The van der Waals surface area contributed by atoms with Gasteiger partial charge in [0.05, 0.1) is 12.0 Å². The average Bonchev–Trinajstić information content (AvgIpc) is 3.39. The molecule has 1 aromatic heterocycles. The van der Waals surface area contributed by atoms with Gasteiger partial charge in [-0.15, -0.1) is 11.3 Å². The van der Waals surface area contributed by atoms with E-state index in [1.807, 2.05) is 40.6 Å². The molecule has 1 aliphatic rings. The normalized spacial score (nSPS) is 14.4. The van der Waals surface area contributed by atoms with Crippen LogP contribution in [0.2, 0.25) is 0 Å². The van der Waals surface area contributed by atoms with E-state index in [0.717, 1.165) is 11.3 Å². The summed E-state index contributed by atoms with van der Waals surface area (Å²) < 4.78 is 5.20. The Morgan fingerprint density at radius 3 is 2.59 bits per heavy atom. The molecule has 0 saturated heterocycles. The number of nitrogens with zero attached hydrogens (tertiary/aromatic N) is 1. The van der Waals surface area contributed by atoms with Gasteiger partial charge in [0.25, 0.3) is 5.91 Å². The Bertz CT molecular complexity index is 754. The van der Waals surface area contributed by atoms with Gasteiger partial charge in [0.2, 0.25) is 5.91 Å². The van der Waals surface area contributed by atoms with Crippen molar-refractivity contribution in [3.8, 4) is 5.75 Å². The van der Waals surface area contributed by atoms with Crippen LogP contribution in [0.5, 0.6) is 5.75 Å². The Morgan fingerprint density at radius 1 is 1.26 bits per heavy atom. The van der Waals surface area contributed by atoms with Crippen molar-refractivity contribution in [1.29, 1.82) is 0 Å². The van der Waals surface area contributed by atoms with Crippen LogP contribution in [-0.2, 0) is 11.3 Å². The highest BCUT2D eigenvalue weighted by Gasteiger charge is 2.34. The number of carbonyl (C=O) groups excluding carboxylic acids is 2. The molecule has 144 valence electrons. The number of hydrogen-bond donors (Lipinski definition) is 1. The largest absolute Gasteiger partial charge is 0.497 e.